The number of nitrogens with one attached hydrogen (secondary N) is 1. The van der Waals surface area contributed by atoms with Crippen molar-refractivity contribution in [2.75, 3.05) is 12.0 Å². The van der Waals surface area contributed by atoms with Gasteiger partial charge in [-0.2, -0.15) is 13.2 Å². The normalized spacial score (nSPS) is 31.4. The van der Waals surface area contributed by atoms with Crippen molar-refractivity contribution in [3.63, 3.8) is 0 Å². The molecule has 3 aromatic rings. The number of amides is 2. The second kappa shape index (κ2) is 8.22. The molecule has 2 saturated carbocycles. The number of methoxy groups -OCH3 is 1. The number of carbonyl (C=O) groups is 2. The number of nitrogens with zero attached hydrogens (tertiary/aromatic N) is 1. The van der Waals surface area contributed by atoms with Gasteiger partial charge in [-0.3, -0.25) is 14.4 Å². The zero-order chi connectivity index (χ0) is 26.5. The van der Waals surface area contributed by atoms with Crippen molar-refractivity contribution in [1.29, 1.82) is 0 Å². The lowest BCUT2D eigenvalue weighted by Gasteiger charge is -2.43. The Morgan fingerprint density at radius 2 is 1.66 bits per heavy atom. The van der Waals surface area contributed by atoms with E-state index in [2.05, 4.69) is 4.98 Å². The molecule has 3 fully saturated rings. The number of H-pyrrole nitrogens is 1. The number of alkyl halides is 3. The van der Waals surface area contributed by atoms with E-state index in [-0.39, 0.29) is 33.8 Å². The fourth-order valence-electron chi connectivity index (χ4n) is 7.43. The molecule has 3 heterocycles. The van der Waals surface area contributed by atoms with E-state index in [0.717, 1.165) is 37.8 Å². The van der Waals surface area contributed by atoms with Gasteiger partial charge in [0, 0.05) is 21.6 Å². The van der Waals surface area contributed by atoms with Crippen LogP contribution in [0.2, 0.25) is 0 Å². The van der Waals surface area contributed by atoms with Crippen molar-refractivity contribution >= 4 is 40.6 Å². The zero-order valence-electron chi connectivity index (χ0n) is 19.9. The minimum Gasteiger partial charge on any atom is -0.496 e. The number of para-hydroxylation sites is 2. The molecule has 38 heavy (non-hydrogen) atoms. The fraction of sp³-hybridized carbons (Fsp3) is 0.370. The molecule has 2 amide bonds. The van der Waals surface area contributed by atoms with E-state index >= 15 is 0 Å². The highest BCUT2D eigenvalue weighted by molar-refractivity contribution is 8.00. The number of hydrogen-bond donors (Lipinski definition) is 1. The van der Waals surface area contributed by atoms with Crippen molar-refractivity contribution in [1.82, 2.24) is 4.98 Å². The minimum atomic E-state index is -4.70. The third-order valence-electron chi connectivity index (χ3n) is 8.65. The molecule has 1 saturated heterocycles. The molecule has 2 aromatic carbocycles. The van der Waals surface area contributed by atoms with E-state index < -0.39 is 41.1 Å². The summed E-state index contributed by atoms with van der Waals surface area (Å²) in [5, 5.41) is 0.695. The number of anilines is 1. The molecule has 7 rings (SSSR count). The third-order valence-corrected chi connectivity index (χ3v) is 11.2. The Hall–Kier alpha value is -3.05. The smallest absolute Gasteiger partial charge is 0.418 e. The Labute approximate surface area is 223 Å². The molecule has 196 valence electrons. The van der Waals surface area contributed by atoms with Crippen molar-refractivity contribution < 1.29 is 27.5 Å². The Morgan fingerprint density at radius 1 is 0.974 bits per heavy atom. The maximum Gasteiger partial charge on any atom is 0.418 e. The molecule has 1 aromatic heterocycles. The summed E-state index contributed by atoms with van der Waals surface area (Å²) in [6.45, 7) is 0. The molecule has 6 nitrogen and oxygen atoms in total. The van der Waals surface area contributed by atoms with Crippen LogP contribution in [-0.4, -0.2) is 29.2 Å². The predicted octanol–water partition coefficient (Wildman–Crippen LogP) is 5.14. The maximum atomic E-state index is 13.8. The van der Waals surface area contributed by atoms with Crippen molar-refractivity contribution in [3.05, 3.63) is 74.2 Å². The second-order valence-electron chi connectivity index (χ2n) is 10.2. The van der Waals surface area contributed by atoms with Gasteiger partial charge < -0.3 is 9.72 Å². The third kappa shape index (κ3) is 3.17. The van der Waals surface area contributed by atoms with Crippen LogP contribution >= 0.6 is 23.1 Å². The topological polar surface area (TPSA) is 79.5 Å². The number of thiazole rings is 1. The van der Waals surface area contributed by atoms with Crippen molar-refractivity contribution in [2.45, 2.75) is 28.8 Å². The first-order chi connectivity index (χ1) is 18.2. The predicted molar refractivity (Wildman–Crippen MR) is 135 cm³/mol. The van der Waals surface area contributed by atoms with Crippen LogP contribution in [0, 0.1) is 29.6 Å². The number of ether oxygens (including phenoxy) is 1. The fourth-order valence-corrected chi connectivity index (χ4v) is 10.3. The summed E-state index contributed by atoms with van der Waals surface area (Å²) in [6, 6.07) is 12.4. The van der Waals surface area contributed by atoms with Crippen molar-refractivity contribution in [3.8, 4) is 5.75 Å². The number of rotatable bonds is 3. The van der Waals surface area contributed by atoms with Gasteiger partial charge in [-0.25, -0.2) is 4.90 Å². The monoisotopic (exact) mass is 558 g/mol. The molecule has 1 N–H and O–H groups in total. The van der Waals surface area contributed by atoms with E-state index in [1.807, 2.05) is 24.3 Å². The van der Waals surface area contributed by atoms with Gasteiger partial charge in [-0.15, -0.1) is 11.8 Å². The number of thioether (sulfide) groups is 1. The van der Waals surface area contributed by atoms with Gasteiger partial charge in [-0.1, -0.05) is 41.7 Å². The molecular formula is C27H21F3N2O4S2. The number of halogens is 3. The van der Waals surface area contributed by atoms with E-state index in [9.17, 15) is 27.6 Å². The van der Waals surface area contributed by atoms with E-state index in [1.165, 1.54) is 30.0 Å². The highest BCUT2D eigenvalue weighted by atomic mass is 32.2. The van der Waals surface area contributed by atoms with Gasteiger partial charge in [0.15, 0.2) is 0 Å². The number of aromatic nitrogens is 1. The van der Waals surface area contributed by atoms with Crippen LogP contribution in [0.25, 0.3) is 0 Å². The number of fused-ring (bicyclic) bond motifs is 9. The number of carbonyl (C=O) groups excluding carboxylic acids is 2. The summed E-state index contributed by atoms with van der Waals surface area (Å²) < 4.78 is 47.1. The summed E-state index contributed by atoms with van der Waals surface area (Å²) in [7, 11) is 1.58. The van der Waals surface area contributed by atoms with Crippen LogP contribution in [0.3, 0.4) is 0 Å². The van der Waals surface area contributed by atoms with Crippen LogP contribution in [0.15, 0.2) is 58.4 Å². The van der Waals surface area contributed by atoms with E-state index in [1.54, 1.807) is 7.11 Å². The van der Waals surface area contributed by atoms with E-state index in [0.29, 0.717) is 12.2 Å². The Kier molecular flexibility index (Phi) is 5.20. The van der Waals surface area contributed by atoms with Gasteiger partial charge in [-0.05, 0) is 42.4 Å². The number of benzene rings is 2. The lowest BCUT2D eigenvalue weighted by Crippen LogP contribution is -2.42. The van der Waals surface area contributed by atoms with Crippen LogP contribution in [-0.2, 0) is 15.8 Å². The number of hydrogen-bond acceptors (Lipinski definition) is 6. The lowest BCUT2D eigenvalue weighted by atomic mass is 9.68. The molecule has 4 aliphatic rings. The highest BCUT2D eigenvalue weighted by Crippen LogP contribution is 2.69. The van der Waals surface area contributed by atoms with Gasteiger partial charge >= 0.3 is 11.0 Å². The standard InChI is InChI=1S/C27H21F3N2O4S2/c1-36-16-9-5-2-6-11(16)17-18-12-10-13(21(18)37-23-22(17)38-26(35)31-23)20-19(12)24(33)32(25(20)34)15-8-4-3-7-14(15)27(28,29)30/h2-9,12-13,17-21H,10H2,1H3,(H,31,35)/t12?,13?,17-,18?,19?,20?,21?/m1/s1. The van der Waals surface area contributed by atoms with Crippen LogP contribution in [0.1, 0.15) is 28.3 Å². The van der Waals surface area contributed by atoms with E-state index in [4.69, 9.17) is 4.74 Å². The Morgan fingerprint density at radius 3 is 2.39 bits per heavy atom. The molecule has 2 aliphatic heterocycles. The summed E-state index contributed by atoms with van der Waals surface area (Å²) in [4.78, 5) is 44.4. The van der Waals surface area contributed by atoms with Gasteiger partial charge in [0.05, 0.1) is 35.2 Å². The maximum absolute atomic E-state index is 13.8. The molecule has 2 bridgehead atoms. The largest absolute Gasteiger partial charge is 0.496 e. The minimum absolute atomic E-state index is 0.0662. The molecule has 11 heteroatoms. The average Bonchev–Trinajstić information content (AvgIpc) is 3.62. The van der Waals surface area contributed by atoms with Crippen LogP contribution < -0.4 is 14.5 Å². The summed E-state index contributed by atoms with van der Waals surface area (Å²) in [5.41, 5.74) is -0.487. The molecule has 0 radical (unpaired) electrons. The van der Waals surface area contributed by atoms with Gasteiger partial charge in [0.2, 0.25) is 11.8 Å². The van der Waals surface area contributed by atoms with Crippen LogP contribution in [0.5, 0.6) is 5.75 Å². The quantitative estimate of drug-likeness (QED) is 0.451. The zero-order valence-corrected chi connectivity index (χ0v) is 21.5. The van der Waals surface area contributed by atoms with Gasteiger partial charge in [0.1, 0.15) is 5.75 Å². The first kappa shape index (κ1) is 24.0. The lowest BCUT2D eigenvalue weighted by molar-refractivity contribution is -0.137. The SMILES string of the molecule is COc1ccccc1[C@H]1c2sc(=O)[nH]c2SC2C3CC(C4C(=O)N(c5ccccc5C(F)(F)F)C(=O)C34)C21. The molecule has 0 spiro atoms. The summed E-state index contributed by atoms with van der Waals surface area (Å²) >= 11 is 2.67. The second-order valence-corrected chi connectivity index (χ2v) is 12.4. The average molecular weight is 559 g/mol. The number of imide groups is 1. The van der Waals surface area contributed by atoms with Gasteiger partial charge in [0.25, 0.3) is 0 Å². The van der Waals surface area contributed by atoms with Crippen LogP contribution in [0.4, 0.5) is 18.9 Å². The Balaban J connectivity index is 1.34. The number of aromatic amines is 1. The first-order valence-corrected chi connectivity index (χ1v) is 14.0. The summed E-state index contributed by atoms with van der Waals surface area (Å²) in [6.07, 6.45) is -4.05. The first-order valence-electron chi connectivity index (χ1n) is 12.3. The molecular weight excluding hydrogens is 537 g/mol. The highest BCUT2D eigenvalue weighted by Gasteiger charge is 2.70. The summed E-state index contributed by atoms with van der Waals surface area (Å²) in [5.74, 6) is -2.50. The molecule has 7 atom stereocenters. The van der Waals surface area contributed by atoms with Crippen molar-refractivity contribution in [2.24, 2.45) is 29.6 Å². The molecule has 6 unspecified atom stereocenters. The Bertz CT molecular complexity index is 1550. The molecule has 2 aliphatic carbocycles.